The fourth-order valence-electron chi connectivity index (χ4n) is 4.15. The highest BCUT2D eigenvalue weighted by Crippen LogP contribution is 2.28. The zero-order valence-corrected chi connectivity index (χ0v) is 25.4. The van der Waals surface area contributed by atoms with Crippen molar-refractivity contribution in [1.82, 2.24) is 10.2 Å². The quantitative estimate of drug-likeness (QED) is 0.297. The average Bonchev–Trinajstić information content (AvgIpc) is 2.89. The van der Waals surface area contributed by atoms with Crippen LogP contribution in [0.4, 0.5) is 5.69 Å². The second-order valence-corrected chi connectivity index (χ2v) is 12.9. The van der Waals surface area contributed by atoms with E-state index in [0.717, 1.165) is 21.7 Å². The Morgan fingerprint density at radius 2 is 1.50 bits per heavy atom. The molecule has 214 valence electrons. The van der Waals surface area contributed by atoms with E-state index in [9.17, 15) is 18.0 Å². The number of sulfonamides is 1. The molecule has 3 aromatic rings. The zero-order valence-electron chi connectivity index (χ0n) is 23.1. The van der Waals surface area contributed by atoms with Gasteiger partial charge in [0.1, 0.15) is 12.6 Å². The standard InChI is InChI=1S/C30H35Cl2N3O4S/c1-21(2)18-33-30(37)28(17-23-9-6-5-7-10-23)34(19-25-26(31)11-8-12-27(25)32)29(36)20-35(40(4,38)39)24-15-13-22(3)14-16-24/h5-16,21,28H,17-20H2,1-4H3,(H,33,37)/t28-/m1/s1. The second kappa shape index (κ2) is 14.0. The van der Waals surface area contributed by atoms with Crippen LogP contribution < -0.4 is 9.62 Å². The normalized spacial score (nSPS) is 12.2. The average molecular weight is 605 g/mol. The Balaban J connectivity index is 2.08. The number of rotatable bonds is 12. The van der Waals surface area contributed by atoms with Crippen LogP contribution in [0.25, 0.3) is 0 Å². The minimum Gasteiger partial charge on any atom is -0.354 e. The number of benzene rings is 3. The smallest absolute Gasteiger partial charge is 0.244 e. The SMILES string of the molecule is Cc1ccc(N(CC(=O)N(Cc2c(Cl)cccc2Cl)[C@H](Cc2ccccc2)C(=O)NCC(C)C)S(C)(=O)=O)cc1. The van der Waals surface area contributed by atoms with E-state index in [1.807, 2.05) is 51.1 Å². The van der Waals surface area contributed by atoms with Crippen LogP contribution in [0.5, 0.6) is 0 Å². The first kappa shape index (κ1) is 31.5. The Morgan fingerprint density at radius 1 is 0.900 bits per heavy atom. The van der Waals surface area contributed by atoms with E-state index in [1.54, 1.807) is 42.5 Å². The summed E-state index contributed by atoms with van der Waals surface area (Å²) in [5.41, 5.74) is 2.60. The summed E-state index contributed by atoms with van der Waals surface area (Å²) in [6.45, 7) is 5.66. The lowest BCUT2D eigenvalue weighted by Crippen LogP contribution is -2.53. The molecule has 0 saturated heterocycles. The number of hydrogen-bond acceptors (Lipinski definition) is 4. The van der Waals surface area contributed by atoms with E-state index in [2.05, 4.69) is 5.32 Å². The largest absolute Gasteiger partial charge is 0.354 e. The van der Waals surface area contributed by atoms with Gasteiger partial charge in [-0.05, 0) is 42.7 Å². The third-order valence-corrected chi connectivity index (χ3v) is 8.20. The molecular formula is C30H35Cl2N3O4S. The molecule has 1 N–H and O–H groups in total. The molecule has 0 unspecified atom stereocenters. The molecule has 0 heterocycles. The van der Waals surface area contributed by atoms with Gasteiger partial charge in [0.2, 0.25) is 21.8 Å². The number of anilines is 1. The van der Waals surface area contributed by atoms with Crippen LogP contribution in [-0.2, 0) is 32.6 Å². The van der Waals surface area contributed by atoms with E-state index in [-0.39, 0.29) is 24.8 Å². The van der Waals surface area contributed by atoms with Gasteiger partial charge in [-0.2, -0.15) is 0 Å². The summed E-state index contributed by atoms with van der Waals surface area (Å²) >= 11 is 13.0. The van der Waals surface area contributed by atoms with Gasteiger partial charge in [-0.1, -0.05) is 91.1 Å². The number of amides is 2. The number of nitrogens with zero attached hydrogens (tertiary/aromatic N) is 2. The Kier molecular flexibility index (Phi) is 11.0. The van der Waals surface area contributed by atoms with Crippen molar-refractivity contribution in [2.75, 3.05) is 23.7 Å². The lowest BCUT2D eigenvalue weighted by atomic mass is 10.0. The Morgan fingerprint density at radius 3 is 2.05 bits per heavy atom. The second-order valence-electron chi connectivity index (χ2n) is 10.2. The molecule has 7 nitrogen and oxygen atoms in total. The van der Waals surface area contributed by atoms with Crippen molar-refractivity contribution in [1.29, 1.82) is 0 Å². The van der Waals surface area contributed by atoms with Crippen LogP contribution >= 0.6 is 23.2 Å². The van der Waals surface area contributed by atoms with Gasteiger partial charge < -0.3 is 10.2 Å². The van der Waals surface area contributed by atoms with Crippen molar-refractivity contribution < 1.29 is 18.0 Å². The predicted octanol–water partition coefficient (Wildman–Crippen LogP) is 5.48. The first-order valence-corrected chi connectivity index (χ1v) is 15.6. The summed E-state index contributed by atoms with van der Waals surface area (Å²) in [7, 11) is -3.84. The maximum absolute atomic E-state index is 14.1. The third kappa shape index (κ3) is 8.71. The highest BCUT2D eigenvalue weighted by Gasteiger charge is 2.33. The molecule has 1 atom stereocenters. The first-order chi connectivity index (χ1) is 18.9. The van der Waals surface area contributed by atoms with Crippen molar-refractivity contribution in [3.05, 3.63) is 99.5 Å². The molecule has 3 rings (SSSR count). The monoisotopic (exact) mass is 603 g/mol. The van der Waals surface area contributed by atoms with Crippen molar-refractivity contribution in [2.24, 2.45) is 5.92 Å². The van der Waals surface area contributed by atoms with E-state index in [0.29, 0.717) is 27.8 Å². The van der Waals surface area contributed by atoms with Crippen molar-refractivity contribution in [3.63, 3.8) is 0 Å². The number of hydrogen-bond donors (Lipinski definition) is 1. The van der Waals surface area contributed by atoms with Crippen LogP contribution in [0.2, 0.25) is 10.0 Å². The number of carbonyl (C=O) groups is 2. The van der Waals surface area contributed by atoms with Gasteiger partial charge in [-0.3, -0.25) is 13.9 Å². The van der Waals surface area contributed by atoms with E-state index in [4.69, 9.17) is 23.2 Å². The van der Waals surface area contributed by atoms with Gasteiger partial charge in [-0.15, -0.1) is 0 Å². The Labute approximate surface area is 247 Å². The van der Waals surface area contributed by atoms with Crippen LogP contribution in [0.1, 0.15) is 30.5 Å². The lowest BCUT2D eigenvalue weighted by molar-refractivity contribution is -0.140. The van der Waals surface area contributed by atoms with Gasteiger partial charge in [-0.25, -0.2) is 8.42 Å². The molecule has 0 bridgehead atoms. The summed E-state index contributed by atoms with van der Waals surface area (Å²) in [6.07, 6.45) is 1.26. The van der Waals surface area contributed by atoms with Crippen LogP contribution in [0.3, 0.4) is 0 Å². The lowest BCUT2D eigenvalue weighted by Gasteiger charge is -2.34. The highest BCUT2D eigenvalue weighted by molar-refractivity contribution is 7.92. The van der Waals surface area contributed by atoms with E-state index in [1.165, 1.54) is 4.90 Å². The first-order valence-electron chi connectivity index (χ1n) is 12.9. The molecule has 0 radical (unpaired) electrons. The number of carbonyl (C=O) groups excluding carboxylic acids is 2. The van der Waals surface area contributed by atoms with Crippen molar-refractivity contribution >= 4 is 50.7 Å². The van der Waals surface area contributed by atoms with E-state index >= 15 is 0 Å². The third-order valence-electron chi connectivity index (χ3n) is 6.35. The molecule has 0 fully saturated rings. The fraction of sp³-hybridized carbons (Fsp3) is 0.333. The maximum atomic E-state index is 14.1. The summed E-state index contributed by atoms with van der Waals surface area (Å²) in [6, 6.07) is 20.2. The van der Waals surface area contributed by atoms with Crippen molar-refractivity contribution in [2.45, 2.75) is 39.8 Å². The summed E-state index contributed by atoms with van der Waals surface area (Å²) in [4.78, 5) is 29.1. The number of nitrogens with one attached hydrogen (secondary N) is 1. The molecule has 0 aliphatic carbocycles. The fourth-order valence-corrected chi connectivity index (χ4v) is 5.52. The van der Waals surface area contributed by atoms with Gasteiger partial charge in [0.15, 0.2) is 0 Å². The van der Waals surface area contributed by atoms with Gasteiger partial charge in [0.25, 0.3) is 0 Å². The molecule has 2 amide bonds. The Hall–Kier alpha value is -3.07. The van der Waals surface area contributed by atoms with Crippen molar-refractivity contribution in [3.8, 4) is 0 Å². The summed E-state index contributed by atoms with van der Waals surface area (Å²) in [5.74, 6) is -0.733. The predicted molar refractivity (Wildman–Crippen MR) is 162 cm³/mol. The Bertz CT molecular complexity index is 1390. The molecule has 40 heavy (non-hydrogen) atoms. The molecule has 10 heteroatoms. The van der Waals surface area contributed by atoms with Gasteiger partial charge >= 0.3 is 0 Å². The molecule has 0 aliphatic rings. The highest BCUT2D eigenvalue weighted by atomic mass is 35.5. The molecule has 3 aromatic carbocycles. The number of aryl methyl sites for hydroxylation is 1. The molecule has 0 aliphatic heterocycles. The van der Waals surface area contributed by atoms with Crippen LogP contribution in [0.15, 0.2) is 72.8 Å². The minimum atomic E-state index is -3.84. The summed E-state index contributed by atoms with van der Waals surface area (Å²) in [5, 5.41) is 3.62. The molecule has 0 spiro atoms. The molecule has 0 saturated carbocycles. The zero-order chi connectivity index (χ0) is 29.4. The van der Waals surface area contributed by atoms with Gasteiger partial charge in [0.05, 0.1) is 11.9 Å². The van der Waals surface area contributed by atoms with E-state index < -0.39 is 28.5 Å². The van der Waals surface area contributed by atoms with Gasteiger partial charge in [0, 0.05) is 35.1 Å². The van der Waals surface area contributed by atoms with Crippen LogP contribution in [-0.4, -0.2) is 50.5 Å². The number of halogens is 2. The summed E-state index contributed by atoms with van der Waals surface area (Å²) < 4.78 is 26.7. The molecular weight excluding hydrogens is 569 g/mol. The minimum absolute atomic E-state index is 0.0879. The molecule has 0 aromatic heterocycles. The topological polar surface area (TPSA) is 86.8 Å². The maximum Gasteiger partial charge on any atom is 0.244 e. The van der Waals surface area contributed by atoms with Crippen LogP contribution in [0, 0.1) is 12.8 Å².